The minimum absolute atomic E-state index is 0.143. The normalized spacial score (nSPS) is 17.2. The topological polar surface area (TPSA) is 26.3 Å². The van der Waals surface area contributed by atoms with E-state index in [9.17, 15) is 4.79 Å². The highest BCUT2D eigenvalue weighted by Crippen LogP contribution is 2.39. The number of hydrogen-bond donors (Lipinski definition) is 0. The summed E-state index contributed by atoms with van der Waals surface area (Å²) in [6.45, 7) is 0. The van der Waals surface area contributed by atoms with E-state index < -0.39 is 0 Å². The standard InChI is InChI=1S/C14H18ClO2P/c1-17-12-9-5-8-11(15)13(12)14(16)18-10-6-3-2-4-7-10/h5,8-10,18H,2-4,6-7H2,1H3. The van der Waals surface area contributed by atoms with Crippen LogP contribution in [-0.2, 0) is 0 Å². The molecule has 0 bridgehead atoms. The van der Waals surface area contributed by atoms with Crippen LogP contribution in [0.3, 0.4) is 0 Å². The fourth-order valence-corrected chi connectivity index (χ4v) is 4.20. The van der Waals surface area contributed by atoms with Crippen LogP contribution in [0.2, 0.25) is 5.02 Å². The molecule has 1 aliphatic carbocycles. The number of methoxy groups -OCH3 is 1. The molecule has 0 radical (unpaired) electrons. The van der Waals surface area contributed by atoms with Gasteiger partial charge in [-0.05, 0) is 39.2 Å². The van der Waals surface area contributed by atoms with Crippen molar-refractivity contribution in [1.29, 1.82) is 0 Å². The van der Waals surface area contributed by atoms with E-state index in [2.05, 4.69) is 0 Å². The van der Waals surface area contributed by atoms with Gasteiger partial charge in [-0.15, -0.1) is 0 Å². The molecular formula is C14H18ClO2P. The average Bonchev–Trinajstić information content (AvgIpc) is 2.39. The van der Waals surface area contributed by atoms with Gasteiger partial charge in [0, 0.05) is 0 Å². The maximum absolute atomic E-state index is 12.4. The van der Waals surface area contributed by atoms with Crippen LogP contribution >= 0.6 is 20.2 Å². The molecule has 18 heavy (non-hydrogen) atoms. The molecule has 1 unspecified atom stereocenters. The molecule has 1 fully saturated rings. The van der Waals surface area contributed by atoms with Crippen LogP contribution in [0.1, 0.15) is 42.5 Å². The fraction of sp³-hybridized carbons (Fsp3) is 0.500. The van der Waals surface area contributed by atoms with Crippen molar-refractivity contribution in [3.63, 3.8) is 0 Å². The van der Waals surface area contributed by atoms with Crippen LogP contribution in [0.5, 0.6) is 5.75 Å². The molecule has 0 saturated heterocycles. The van der Waals surface area contributed by atoms with E-state index in [1.54, 1.807) is 19.2 Å². The number of ether oxygens (including phenoxy) is 1. The highest BCUT2D eigenvalue weighted by atomic mass is 35.5. The van der Waals surface area contributed by atoms with Crippen molar-refractivity contribution >= 4 is 25.7 Å². The molecule has 1 saturated carbocycles. The number of carbonyl (C=O) groups excluding carboxylic acids is 1. The highest BCUT2D eigenvalue weighted by Gasteiger charge is 2.21. The molecule has 98 valence electrons. The molecule has 1 aromatic rings. The van der Waals surface area contributed by atoms with Crippen LogP contribution < -0.4 is 4.74 Å². The van der Waals surface area contributed by atoms with Crippen molar-refractivity contribution in [1.82, 2.24) is 0 Å². The van der Waals surface area contributed by atoms with Crippen LogP contribution in [-0.4, -0.2) is 18.3 Å². The number of hydrogen-bond acceptors (Lipinski definition) is 2. The van der Waals surface area contributed by atoms with Crippen molar-refractivity contribution in [2.45, 2.75) is 37.8 Å². The SMILES string of the molecule is COc1cccc(Cl)c1C(=O)PC1CCCCC1. The Bertz CT molecular complexity index is 428. The van der Waals surface area contributed by atoms with Gasteiger partial charge in [-0.25, -0.2) is 0 Å². The summed E-state index contributed by atoms with van der Waals surface area (Å²) >= 11 is 6.12. The van der Waals surface area contributed by atoms with E-state index in [0.29, 0.717) is 30.6 Å². The Kier molecular flexibility index (Phi) is 5.03. The zero-order valence-electron chi connectivity index (χ0n) is 10.5. The lowest BCUT2D eigenvalue weighted by molar-refractivity contribution is 0.108. The van der Waals surface area contributed by atoms with E-state index in [-0.39, 0.29) is 5.52 Å². The Morgan fingerprint density at radius 1 is 1.33 bits per heavy atom. The second kappa shape index (κ2) is 6.54. The predicted octanol–water partition coefficient (Wildman–Crippen LogP) is 4.50. The highest BCUT2D eigenvalue weighted by molar-refractivity contribution is 7.59. The number of benzene rings is 1. The maximum atomic E-state index is 12.4. The monoisotopic (exact) mass is 284 g/mol. The van der Waals surface area contributed by atoms with Gasteiger partial charge in [0.15, 0.2) is 5.52 Å². The Morgan fingerprint density at radius 3 is 2.72 bits per heavy atom. The molecule has 0 heterocycles. The van der Waals surface area contributed by atoms with E-state index in [0.717, 1.165) is 0 Å². The van der Waals surface area contributed by atoms with E-state index in [4.69, 9.17) is 16.3 Å². The van der Waals surface area contributed by atoms with Gasteiger partial charge in [-0.3, -0.25) is 4.79 Å². The first kappa shape index (κ1) is 13.8. The van der Waals surface area contributed by atoms with Gasteiger partial charge in [-0.2, -0.15) is 0 Å². The summed E-state index contributed by atoms with van der Waals surface area (Å²) in [5, 5.41) is 0.502. The van der Waals surface area contributed by atoms with Crippen LogP contribution in [0.25, 0.3) is 0 Å². The van der Waals surface area contributed by atoms with Gasteiger partial charge in [0.2, 0.25) is 0 Å². The van der Waals surface area contributed by atoms with Crippen molar-refractivity contribution in [2.75, 3.05) is 7.11 Å². The van der Waals surface area contributed by atoms with E-state index in [1.807, 2.05) is 6.07 Å². The van der Waals surface area contributed by atoms with E-state index in [1.165, 1.54) is 32.1 Å². The maximum Gasteiger partial charge on any atom is 0.186 e. The molecular weight excluding hydrogens is 267 g/mol. The molecule has 1 atom stereocenters. The summed E-state index contributed by atoms with van der Waals surface area (Å²) in [7, 11) is 1.90. The summed E-state index contributed by atoms with van der Waals surface area (Å²) in [5.74, 6) is 0.593. The van der Waals surface area contributed by atoms with Crippen LogP contribution in [0.15, 0.2) is 18.2 Å². The fourth-order valence-electron chi connectivity index (χ4n) is 2.40. The first-order valence-corrected chi connectivity index (χ1v) is 7.81. The Morgan fingerprint density at radius 2 is 2.06 bits per heavy atom. The number of carbonyl (C=O) groups is 1. The third kappa shape index (κ3) is 3.24. The van der Waals surface area contributed by atoms with Gasteiger partial charge < -0.3 is 4.74 Å². The minimum atomic E-state index is 0.143. The number of rotatable bonds is 4. The predicted molar refractivity (Wildman–Crippen MR) is 77.5 cm³/mol. The Hall–Kier alpha value is -0.590. The van der Waals surface area contributed by atoms with E-state index >= 15 is 0 Å². The summed E-state index contributed by atoms with van der Waals surface area (Å²) in [4.78, 5) is 12.4. The van der Waals surface area contributed by atoms with Gasteiger partial charge in [0.1, 0.15) is 5.75 Å². The largest absolute Gasteiger partial charge is 0.496 e. The first-order valence-electron chi connectivity index (χ1n) is 6.35. The zero-order valence-corrected chi connectivity index (χ0v) is 12.3. The third-order valence-electron chi connectivity index (χ3n) is 3.36. The molecule has 0 N–H and O–H groups in total. The lowest BCUT2D eigenvalue weighted by Crippen LogP contribution is -2.10. The number of halogens is 1. The van der Waals surface area contributed by atoms with Crippen molar-refractivity contribution in [2.24, 2.45) is 0 Å². The summed E-state index contributed by atoms with van der Waals surface area (Å²) in [6.07, 6.45) is 6.17. The van der Waals surface area contributed by atoms with Crippen molar-refractivity contribution < 1.29 is 9.53 Å². The van der Waals surface area contributed by atoms with Crippen LogP contribution in [0.4, 0.5) is 0 Å². The molecule has 0 aromatic heterocycles. The Balaban J connectivity index is 2.12. The van der Waals surface area contributed by atoms with Crippen molar-refractivity contribution in [3.05, 3.63) is 28.8 Å². The van der Waals surface area contributed by atoms with Gasteiger partial charge in [0.05, 0.1) is 17.7 Å². The molecule has 2 nitrogen and oxygen atoms in total. The van der Waals surface area contributed by atoms with Gasteiger partial charge in [-0.1, -0.05) is 36.9 Å². The molecule has 4 heteroatoms. The first-order chi connectivity index (χ1) is 8.72. The molecule has 0 aliphatic heterocycles. The minimum Gasteiger partial charge on any atom is -0.496 e. The third-order valence-corrected chi connectivity index (χ3v) is 5.18. The summed E-state index contributed by atoms with van der Waals surface area (Å²) < 4.78 is 5.24. The van der Waals surface area contributed by atoms with Crippen LogP contribution in [0, 0.1) is 0 Å². The Labute approximate surface area is 115 Å². The second-order valence-corrected chi connectivity index (χ2v) is 6.59. The zero-order chi connectivity index (χ0) is 13.0. The lowest BCUT2D eigenvalue weighted by Gasteiger charge is -2.21. The molecule has 0 spiro atoms. The summed E-state index contributed by atoms with van der Waals surface area (Å²) in [5.41, 5.74) is 1.25. The lowest BCUT2D eigenvalue weighted by atomic mass is 10.0. The second-order valence-electron chi connectivity index (χ2n) is 4.63. The van der Waals surface area contributed by atoms with Gasteiger partial charge >= 0.3 is 0 Å². The molecule has 1 aromatic carbocycles. The van der Waals surface area contributed by atoms with Gasteiger partial charge in [0.25, 0.3) is 0 Å². The van der Waals surface area contributed by atoms with Crippen molar-refractivity contribution in [3.8, 4) is 5.75 Å². The molecule has 0 amide bonds. The smallest absolute Gasteiger partial charge is 0.186 e. The summed E-state index contributed by atoms with van der Waals surface area (Å²) in [6, 6.07) is 5.36. The quantitative estimate of drug-likeness (QED) is 0.761. The molecule has 1 aliphatic rings. The average molecular weight is 285 g/mol. The molecule has 2 rings (SSSR count).